The summed E-state index contributed by atoms with van der Waals surface area (Å²) >= 11 is 6.11. The first-order valence-corrected chi connectivity index (χ1v) is 16.7. The van der Waals surface area contributed by atoms with Crippen molar-refractivity contribution in [3.05, 3.63) is 144 Å². The van der Waals surface area contributed by atoms with Gasteiger partial charge in [-0.15, -0.1) is 0 Å². The summed E-state index contributed by atoms with van der Waals surface area (Å²) in [7, 11) is -4.24. The van der Waals surface area contributed by atoms with Gasteiger partial charge >= 0.3 is 6.03 Å². The van der Waals surface area contributed by atoms with Gasteiger partial charge in [0, 0.05) is 24.8 Å². The Balaban J connectivity index is 1.40. The van der Waals surface area contributed by atoms with Gasteiger partial charge in [0.2, 0.25) is 0 Å². The fourth-order valence-corrected chi connectivity index (χ4v) is 6.38. The first-order chi connectivity index (χ1) is 22.3. The molecular weight excluding hydrogens is 620 g/mol. The third-order valence-electron chi connectivity index (χ3n) is 7.30. The highest BCUT2D eigenvalue weighted by Gasteiger charge is 2.26. The second kappa shape index (κ2) is 14.9. The number of carbonyl (C=O) groups is 2. The maximum Gasteiger partial charge on any atom is 0.330 e. The van der Waals surface area contributed by atoms with Gasteiger partial charge in [0.1, 0.15) is 5.82 Å². The zero-order chi connectivity index (χ0) is 32.5. The number of pyridine rings is 1. The summed E-state index contributed by atoms with van der Waals surface area (Å²) in [5.74, 6) is -0.294. The fraction of sp³-hybridized carbons (Fsp3) is 0.139. The number of hydrogen-bond acceptors (Lipinski definition) is 5. The zero-order valence-corrected chi connectivity index (χ0v) is 26.8. The summed E-state index contributed by atoms with van der Waals surface area (Å²) in [5, 5.41) is 0.150. The van der Waals surface area contributed by atoms with E-state index >= 15 is 0 Å². The van der Waals surface area contributed by atoms with Crippen LogP contribution in [0.15, 0.2) is 132 Å². The van der Waals surface area contributed by atoms with Crippen molar-refractivity contribution in [3.8, 4) is 11.1 Å². The molecule has 0 atom stereocenters. The molecule has 10 heteroatoms. The van der Waals surface area contributed by atoms with E-state index in [1.54, 1.807) is 52.4 Å². The molecule has 1 N–H and O–H groups in total. The van der Waals surface area contributed by atoms with Crippen molar-refractivity contribution in [3.63, 3.8) is 0 Å². The minimum absolute atomic E-state index is 0.0447. The van der Waals surface area contributed by atoms with Crippen LogP contribution in [0.1, 0.15) is 35.7 Å². The molecule has 0 aliphatic rings. The van der Waals surface area contributed by atoms with Crippen LogP contribution in [-0.2, 0) is 16.6 Å². The predicted molar refractivity (Wildman–Crippen MR) is 182 cm³/mol. The number of urea groups is 1. The Bertz CT molecular complexity index is 1860. The normalized spacial score (nSPS) is 11.1. The van der Waals surface area contributed by atoms with Crippen LogP contribution in [0.25, 0.3) is 11.1 Å². The minimum atomic E-state index is -4.24. The Hall–Kier alpha value is -4.99. The number of hydrogen-bond donors (Lipinski definition) is 1. The Morgan fingerprint density at radius 3 is 2.17 bits per heavy atom. The van der Waals surface area contributed by atoms with Crippen molar-refractivity contribution in [2.24, 2.45) is 0 Å². The van der Waals surface area contributed by atoms with Crippen LogP contribution >= 0.6 is 11.6 Å². The van der Waals surface area contributed by atoms with Crippen LogP contribution in [0.5, 0.6) is 0 Å². The van der Waals surface area contributed by atoms with E-state index in [1.165, 1.54) is 18.2 Å². The summed E-state index contributed by atoms with van der Waals surface area (Å²) in [6, 6.07) is 34.8. The number of halogens is 1. The summed E-state index contributed by atoms with van der Waals surface area (Å²) in [5.41, 5.74) is 2.71. The van der Waals surface area contributed by atoms with Crippen LogP contribution in [0.2, 0.25) is 5.02 Å². The molecule has 8 nitrogen and oxygen atoms in total. The van der Waals surface area contributed by atoms with Crippen LogP contribution in [-0.4, -0.2) is 36.8 Å². The van der Waals surface area contributed by atoms with Gasteiger partial charge in [-0.1, -0.05) is 104 Å². The number of unbranched alkanes of at least 4 members (excludes halogenated alkanes) is 1. The lowest BCUT2D eigenvalue weighted by molar-refractivity contribution is 0.0981. The average molecular weight is 653 g/mol. The third-order valence-corrected chi connectivity index (χ3v) is 9.02. The van der Waals surface area contributed by atoms with Gasteiger partial charge in [0.05, 0.1) is 21.2 Å². The molecular formula is C36H33ClN4O4S. The summed E-state index contributed by atoms with van der Waals surface area (Å²) < 4.78 is 28.9. The SMILES string of the molecule is CCCCN(Cc1ccc(-c2ccccc2S(=O)(=O)NC(=O)c2ccccc2Cl)cc1)C(=O)N(c1ccccc1)c1ccccn1. The van der Waals surface area contributed by atoms with Crippen molar-refractivity contribution in [1.82, 2.24) is 14.6 Å². The summed E-state index contributed by atoms with van der Waals surface area (Å²) in [6.07, 6.45) is 3.39. The van der Waals surface area contributed by atoms with Gasteiger partial charge in [-0.3, -0.25) is 4.79 Å². The molecule has 0 saturated carbocycles. The monoisotopic (exact) mass is 652 g/mol. The first kappa shape index (κ1) is 32.4. The van der Waals surface area contributed by atoms with Crippen LogP contribution in [0.3, 0.4) is 0 Å². The Kier molecular flexibility index (Phi) is 10.5. The van der Waals surface area contributed by atoms with E-state index in [-0.39, 0.29) is 21.5 Å². The fourth-order valence-electron chi connectivity index (χ4n) is 4.96. The molecule has 5 aromatic rings. The molecule has 46 heavy (non-hydrogen) atoms. The standard InChI is InChI=1S/C36H33ClN4O4S/c1-2-3-25-40(36(43)41(29-13-5-4-6-14-29)34-19-11-12-24-38-34)26-27-20-22-28(23-21-27)30-15-8-10-18-33(30)46(44,45)39-35(42)31-16-7-9-17-32(31)37/h4-24H,2-3,25-26H2,1H3,(H,39,42). The number of anilines is 2. The molecule has 0 fully saturated rings. The van der Waals surface area contributed by atoms with Gasteiger partial charge in [-0.25, -0.2) is 27.8 Å². The molecule has 0 bridgehead atoms. The number of nitrogens with one attached hydrogen (secondary N) is 1. The van der Waals surface area contributed by atoms with Crippen molar-refractivity contribution >= 4 is 45.1 Å². The van der Waals surface area contributed by atoms with Crippen molar-refractivity contribution in [1.29, 1.82) is 0 Å². The van der Waals surface area contributed by atoms with Crippen molar-refractivity contribution in [2.75, 3.05) is 11.4 Å². The topological polar surface area (TPSA) is 99.7 Å². The Morgan fingerprint density at radius 1 is 0.804 bits per heavy atom. The second-order valence-electron chi connectivity index (χ2n) is 10.5. The maximum atomic E-state index is 14.1. The maximum absolute atomic E-state index is 14.1. The average Bonchev–Trinajstić information content (AvgIpc) is 3.08. The number of carbonyl (C=O) groups excluding carboxylic acids is 2. The number of aromatic nitrogens is 1. The number of para-hydroxylation sites is 1. The lowest BCUT2D eigenvalue weighted by Gasteiger charge is -2.30. The van der Waals surface area contributed by atoms with Crippen LogP contribution in [0.4, 0.5) is 16.3 Å². The Morgan fingerprint density at radius 2 is 1.48 bits per heavy atom. The molecule has 1 heterocycles. The van der Waals surface area contributed by atoms with Crippen LogP contribution < -0.4 is 9.62 Å². The number of benzene rings is 4. The van der Waals surface area contributed by atoms with Gasteiger partial charge < -0.3 is 4.90 Å². The van der Waals surface area contributed by atoms with Crippen LogP contribution in [0, 0.1) is 0 Å². The lowest BCUT2D eigenvalue weighted by atomic mass is 10.0. The zero-order valence-electron chi connectivity index (χ0n) is 25.2. The molecule has 3 amide bonds. The van der Waals surface area contributed by atoms with Gasteiger partial charge in [-0.05, 0) is 60.0 Å². The molecule has 0 saturated heterocycles. The van der Waals surface area contributed by atoms with E-state index in [0.29, 0.717) is 35.7 Å². The smallest absolute Gasteiger partial charge is 0.320 e. The molecule has 0 spiro atoms. The van der Waals surface area contributed by atoms with Crippen molar-refractivity contribution in [2.45, 2.75) is 31.2 Å². The minimum Gasteiger partial charge on any atom is -0.320 e. The number of rotatable bonds is 11. The number of nitrogens with zero attached hydrogens (tertiary/aromatic N) is 3. The highest BCUT2D eigenvalue weighted by Crippen LogP contribution is 2.29. The quantitative estimate of drug-likeness (QED) is 0.155. The summed E-state index contributed by atoms with van der Waals surface area (Å²) in [4.78, 5) is 34.7. The highest BCUT2D eigenvalue weighted by atomic mass is 35.5. The largest absolute Gasteiger partial charge is 0.330 e. The van der Waals surface area contributed by atoms with Gasteiger partial charge in [0.25, 0.3) is 15.9 Å². The molecule has 0 aliphatic heterocycles. The van der Waals surface area contributed by atoms with Crippen molar-refractivity contribution < 1.29 is 18.0 Å². The van der Waals surface area contributed by atoms with E-state index in [0.717, 1.165) is 18.4 Å². The lowest BCUT2D eigenvalue weighted by Crippen LogP contribution is -2.41. The molecule has 0 radical (unpaired) electrons. The molecule has 0 aliphatic carbocycles. The van der Waals surface area contributed by atoms with E-state index in [2.05, 4.69) is 16.6 Å². The second-order valence-corrected chi connectivity index (χ2v) is 12.6. The predicted octanol–water partition coefficient (Wildman–Crippen LogP) is 8.08. The van der Waals surface area contributed by atoms with E-state index < -0.39 is 15.9 Å². The first-order valence-electron chi connectivity index (χ1n) is 14.8. The van der Waals surface area contributed by atoms with Gasteiger partial charge in [-0.2, -0.15) is 0 Å². The van der Waals surface area contributed by atoms with Gasteiger partial charge in [0.15, 0.2) is 0 Å². The summed E-state index contributed by atoms with van der Waals surface area (Å²) in [6.45, 7) is 2.95. The molecule has 234 valence electrons. The number of amides is 3. The third kappa shape index (κ3) is 7.62. The Labute approximate surface area is 274 Å². The van der Waals surface area contributed by atoms with E-state index in [4.69, 9.17) is 11.6 Å². The molecule has 5 rings (SSSR count). The molecule has 1 aromatic heterocycles. The van der Waals surface area contributed by atoms with E-state index in [1.807, 2.05) is 66.7 Å². The molecule has 4 aromatic carbocycles. The molecule has 0 unspecified atom stereocenters. The highest BCUT2D eigenvalue weighted by molar-refractivity contribution is 7.90. The number of sulfonamides is 1. The van der Waals surface area contributed by atoms with E-state index in [9.17, 15) is 18.0 Å².